The third-order valence-corrected chi connectivity index (χ3v) is 3.28. The molecule has 0 saturated heterocycles. The van der Waals surface area contributed by atoms with E-state index in [1.807, 2.05) is 6.20 Å². The molecular formula is C15H23N3. The lowest BCUT2D eigenvalue weighted by Crippen LogP contribution is -2.23. The molecule has 1 aromatic rings. The number of hydrogen-bond acceptors (Lipinski definition) is 3. The minimum Gasteiger partial charge on any atom is -0.366 e. The second-order valence-corrected chi connectivity index (χ2v) is 5.85. The molecule has 3 nitrogen and oxygen atoms in total. The average molecular weight is 245 g/mol. The number of anilines is 1. The molecule has 0 saturated carbocycles. The van der Waals surface area contributed by atoms with Gasteiger partial charge in [0.05, 0.1) is 0 Å². The Morgan fingerprint density at radius 3 is 2.72 bits per heavy atom. The van der Waals surface area contributed by atoms with Crippen LogP contribution in [0.1, 0.15) is 32.8 Å². The fraction of sp³-hybridized carbons (Fsp3) is 0.533. The highest BCUT2D eigenvalue weighted by molar-refractivity contribution is 5.38. The predicted octanol–water partition coefficient (Wildman–Crippen LogP) is 2.71. The summed E-state index contributed by atoms with van der Waals surface area (Å²) < 4.78 is 0. The predicted molar refractivity (Wildman–Crippen MR) is 77.0 cm³/mol. The minimum atomic E-state index is 0.170. The summed E-state index contributed by atoms with van der Waals surface area (Å²) in [7, 11) is 0. The molecular weight excluding hydrogens is 222 g/mol. The van der Waals surface area contributed by atoms with Crippen LogP contribution in [-0.4, -0.2) is 24.6 Å². The van der Waals surface area contributed by atoms with Crippen molar-refractivity contribution in [2.24, 2.45) is 0 Å². The number of pyridine rings is 1. The summed E-state index contributed by atoms with van der Waals surface area (Å²) in [4.78, 5) is 4.48. The van der Waals surface area contributed by atoms with E-state index in [-0.39, 0.29) is 5.41 Å². The molecule has 1 aromatic heterocycles. The van der Waals surface area contributed by atoms with Gasteiger partial charge in [0.1, 0.15) is 5.82 Å². The van der Waals surface area contributed by atoms with Crippen molar-refractivity contribution in [3.05, 3.63) is 35.5 Å². The van der Waals surface area contributed by atoms with Gasteiger partial charge in [0.25, 0.3) is 0 Å². The lowest BCUT2D eigenvalue weighted by Gasteiger charge is -2.19. The monoisotopic (exact) mass is 245 g/mol. The Labute approximate surface area is 110 Å². The number of aromatic nitrogens is 1. The third-order valence-electron chi connectivity index (χ3n) is 3.28. The molecule has 0 fully saturated rings. The van der Waals surface area contributed by atoms with Crippen molar-refractivity contribution in [3.8, 4) is 0 Å². The highest BCUT2D eigenvalue weighted by atomic mass is 15.0. The lowest BCUT2D eigenvalue weighted by molar-refractivity contribution is 0.587. The average Bonchev–Trinajstić information content (AvgIpc) is 2.37. The summed E-state index contributed by atoms with van der Waals surface area (Å²) >= 11 is 0. The summed E-state index contributed by atoms with van der Waals surface area (Å²) in [6.07, 6.45) is 5.37. The van der Waals surface area contributed by atoms with E-state index in [2.05, 4.69) is 54.6 Å². The van der Waals surface area contributed by atoms with Crippen LogP contribution in [0, 0.1) is 0 Å². The van der Waals surface area contributed by atoms with E-state index in [1.54, 1.807) is 0 Å². The van der Waals surface area contributed by atoms with Crippen molar-refractivity contribution in [3.63, 3.8) is 0 Å². The minimum absolute atomic E-state index is 0.170. The molecule has 0 aromatic carbocycles. The van der Waals surface area contributed by atoms with Gasteiger partial charge in [0.2, 0.25) is 0 Å². The molecule has 18 heavy (non-hydrogen) atoms. The molecule has 98 valence electrons. The molecule has 0 amide bonds. The van der Waals surface area contributed by atoms with Crippen molar-refractivity contribution in [1.29, 1.82) is 0 Å². The number of rotatable bonds is 3. The smallest absolute Gasteiger partial charge is 0.126 e. The summed E-state index contributed by atoms with van der Waals surface area (Å²) in [6, 6.07) is 4.23. The zero-order valence-electron chi connectivity index (χ0n) is 11.6. The van der Waals surface area contributed by atoms with Gasteiger partial charge in [-0.05, 0) is 30.0 Å². The van der Waals surface area contributed by atoms with Crippen molar-refractivity contribution in [2.45, 2.75) is 32.6 Å². The molecule has 2 N–H and O–H groups in total. The van der Waals surface area contributed by atoms with E-state index < -0.39 is 0 Å². The van der Waals surface area contributed by atoms with Gasteiger partial charge < -0.3 is 10.6 Å². The highest BCUT2D eigenvalue weighted by Gasteiger charge is 2.13. The quantitative estimate of drug-likeness (QED) is 0.804. The maximum Gasteiger partial charge on any atom is 0.126 e. The van der Waals surface area contributed by atoms with Crippen LogP contribution in [0.2, 0.25) is 0 Å². The van der Waals surface area contributed by atoms with E-state index in [1.165, 1.54) is 11.1 Å². The Morgan fingerprint density at radius 2 is 2.17 bits per heavy atom. The first-order chi connectivity index (χ1) is 8.55. The maximum atomic E-state index is 4.48. The van der Waals surface area contributed by atoms with Gasteiger partial charge in [-0.2, -0.15) is 0 Å². The first-order valence-corrected chi connectivity index (χ1v) is 6.65. The van der Waals surface area contributed by atoms with Crippen LogP contribution >= 0.6 is 0 Å². The van der Waals surface area contributed by atoms with Crippen LogP contribution in [0.5, 0.6) is 0 Å². The van der Waals surface area contributed by atoms with E-state index in [9.17, 15) is 0 Å². The van der Waals surface area contributed by atoms with Crippen molar-refractivity contribution < 1.29 is 0 Å². The first kappa shape index (κ1) is 13.1. The van der Waals surface area contributed by atoms with Gasteiger partial charge in [-0.3, -0.25) is 0 Å². The summed E-state index contributed by atoms with van der Waals surface area (Å²) in [5.74, 6) is 0.961. The van der Waals surface area contributed by atoms with Crippen LogP contribution in [-0.2, 0) is 5.41 Å². The molecule has 0 atom stereocenters. The van der Waals surface area contributed by atoms with Crippen molar-refractivity contribution in [1.82, 2.24) is 10.3 Å². The van der Waals surface area contributed by atoms with Gasteiger partial charge >= 0.3 is 0 Å². The molecule has 1 aliphatic heterocycles. The molecule has 2 rings (SSSR count). The number of hydrogen-bond donors (Lipinski definition) is 2. The van der Waals surface area contributed by atoms with Crippen LogP contribution in [0.15, 0.2) is 30.0 Å². The van der Waals surface area contributed by atoms with E-state index in [4.69, 9.17) is 0 Å². The van der Waals surface area contributed by atoms with Crippen molar-refractivity contribution >= 4 is 5.82 Å². The fourth-order valence-corrected chi connectivity index (χ4v) is 1.98. The van der Waals surface area contributed by atoms with Gasteiger partial charge in [0.15, 0.2) is 0 Å². The molecule has 0 spiro atoms. The highest BCUT2D eigenvalue weighted by Crippen LogP contribution is 2.21. The van der Waals surface area contributed by atoms with Crippen LogP contribution < -0.4 is 10.6 Å². The first-order valence-electron chi connectivity index (χ1n) is 6.65. The van der Waals surface area contributed by atoms with Gasteiger partial charge in [-0.1, -0.05) is 38.5 Å². The third kappa shape index (κ3) is 3.57. The summed E-state index contributed by atoms with van der Waals surface area (Å²) in [5, 5.41) is 6.70. The molecule has 0 bridgehead atoms. The topological polar surface area (TPSA) is 37.0 Å². The molecule has 0 unspecified atom stereocenters. The molecule has 0 radical (unpaired) electrons. The Balaban J connectivity index is 1.92. The second kappa shape index (κ2) is 5.53. The Hall–Kier alpha value is -1.35. The standard InChI is InChI=1S/C15H23N3/c1-15(2,3)13-4-5-14(18-11-13)17-10-12-6-8-16-9-7-12/h4-6,11,16H,7-10H2,1-3H3,(H,17,18). The summed E-state index contributed by atoms with van der Waals surface area (Å²) in [6.45, 7) is 9.60. The van der Waals surface area contributed by atoms with E-state index >= 15 is 0 Å². The fourth-order valence-electron chi connectivity index (χ4n) is 1.98. The second-order valence-electron chi connectivity index (χ2n) is 5.85. The zero-order valence-corrected chi connectivity index (χ0v) is 11.6. The van der Waals surface area contributed by atoms with E-state index in [0.29, 0.717) is 0 Å². The van der Waals surface area contributed by atoms with Crippen LogP contribution in [0.4, 0.5) is 5.82 Å². The van der Waals surface area contributed by atoms with Gasteiger partial charge in [-0.15, -0.1) is 0 Å². The molecule has 0 aliphatic carbocycles. The Bertz CT molecular complexity index is 412. The SMILES string of the molecule is CC(C)(C)c1ccc(NCC2=CCNCC2)nc1. The molecule has 2 heterocycles. The van der Waals surface area contributed by atoms with E-state index in [0.717, 1.165) is 31.9 Å². The Kier molecular flexibility index (Phi) is 4.02. The van der Waals surface area contributed by atoms with Crippen LogP contribution in [0.3, 0.4) is 0 Å². The largest absolute Gasteiger partial charge is 0.366 e. The number of nitrogens with zero attached hydrogens (tertiary/aromatic N) is 1. The Morgan fingerprint density at radius 1 is 1.33 bits per heavy atom. The van der Waals surface area contributed by atoms with Gasteiger partial charge in [0, 0.05) is 19.3 Å². The van der Waals surface area contributed by atoms with Crippen molar-refractivity contribution in [2.75, 3.05) is 25.0 Å². The molecule has 3 heteroatoms. The normalized spacial score (nSPS) is 16.3. The lowest BCUT2D eigenvalue weighted by atomic mass is 9.88. The van der Waals surface area contributed by atoms with Crippen LogP contribution in [0.25, 0.3) is 0 Å². The number of nitrogens with one attached hydrogen (secondary N) is 2. The molecule has 1 aliphatic rings. The zero-order chi connectivity index (χ0) is 13.0. The summed E-state index contributed by atoms with van der Waals surface area (Å²) in [5.41, 5.74) is 2.91. The maximum absolute atomic E-state index is 4.48. The van der Waals surface area contributed by atoms with Gasteiger partial charge in [-0.25, -0.2) is 4.98 Å².